The van der Waals surface area contributed by atoms with Gasteiger partial charge < -0.3 is 10.5 Å². The molecule has 0 radical (unpaired) electrons. The van der Waals surface area contributed by atoms with Crippen molar-refractivity contribution in [2.45, 2.75) is 0 Å². The monoisotopic (exact) mass is 405 g/mol. The summed E-state index contributed by atoms with van der Waals surface area (Å²) in [6, 6.07) is 16.7. The van der Waals surface area contributed by atoms with Gasteiger partial charge in [0.1, 0.15) is 15.5 Å². The zero-order valence-corrected chi connectivity index (χ0v) is 16.1. The Bertz CT molecular complexity index is 1230. The van der Waals surface area contributed by atoms with E-state index in [-0.39, 0.29) is 11.5 Å². The van der Waals surface area contributed by atoms with Crippen molar-refractivity contribution in [2.75, 3.05) is 12.8 Å². The molecule has 2 aromatic carbocycles. The molecule has 144 valence electrons. The van der Waals surface area contributed by atoms with Crippen LogP contribution < -0.4 is 10.5 Å². The van der Waals surface area contributed by atoms with Crippen molar-refractivity contribution in [3.05, 3.63) is 81.2 Å². The van der Waals surface area contributed by atoms with Crippen LogP contribution in [-0.2, 0) is 0 Å². The van der Waals surface area contributed by atoms with Crippen LogP contribution in [0.4, 0.5) is 11.4 Å². The molecule has 0 bridgehead atoms. The molecule has 0 atom stereocenters. The summed E-state index contributed by atoms with van der Waals surface area (Å²) in [6.07, 6.45) is 0. The summed E-state index contributed by atoms with van der Waals surface area (Å²) in [5, 5.41) is 11.5. The summed E-state index contributed by atoms with van der Waals surface area (Å²) in [5.41, 5.74) is 8.51. The molecule has 8 heteroatoms. The van der Waals surface area contributed by atoms with Crippen LogP contribution >= 0.6 is 11.3 Å². The second-order valence-corrected chi connectivity index (χ2v) is 7.25. The largest absolute Gasteiger partial charge is 0.497 e. The minimum atomic E-state index is -0.507. The average Bonchev–Trinajstić information content (AvgIpc) is 3.09. The number of benzene rings is 2. The number of pyridine rings is 1. The van der Waals surface area contributed by atoms with E-state index in [0.29, 0.717) is 26.3 Å². The lowest BCUT2D eigenvalue weighted by atomic mass is 10.1. The Hall–Kier alpha value is -3.78. The Morgan fingerprint density at radius 2 is 1.76 bits per heavy atom. The van der Waals surface area contributed by atoms with Crippen molar-refractivity contribution in [3.8, 4) is 17.0 Å². The molecule has 0 aliphatic rings. The predicted molar refractivity (Wildman–Crippen MR) is 113 cm³/mol. The van der Waals surface area contributed by atoms with Gasteiger partial charge in [-0.25, -0.2) is 4.98 Å². The summed E-state index contributed by atoms with van der Waals surface area (Å²) < 4.78 is 5.17. The van der Waals surface area contributed by atoms with Crippen LogP contribution in [0.2, 0.25) is 0 Å². The maximum absolute atomic E-state index is 12.9. The first kappa shape index (κ1) is 18.6. The number of nitrogens with two attached hydrogens (primary N) is 1. The van der Waals surface area contributed by atoms with Gasteiger partial charge in [-0.2, -0.15) is 0 Å². The van der Waals surface area contributed by atoms with E-state index in [1.807, 2.05) is 36.4 Å². The summed E-state index contributed by atoms with van der Waals surface area (Å²) in [5.74, 6) is 0.470. The van der Waals surface area contributed by atoms with Gasteiger partial charge in [0.25, 0.3) is 5.69 Å². The number of nitrogen functional groups attached to an aromatic ring is 1. The molecule has 4 aromatic rings. The Balaban J connectivity index is 1.71. The lowest BCUT2D eigenvalue weighted by Crippen LogP contribution is -2.02. The van der Waals surface area contributed by atoms with Gasteiger partial charge in [0.2, 0.25) is 5.78 Å². The molecule has 0 saturated heterocycles. The number of anilines is 1. The summed E-state index contributed by atoms with van der Waals surface area (Å²) in [4.78, 5) is 28.8. The van der Waals surface area contributed by atoms with Crippen LogP contribution in [0.25, 0.3) is 21.5 Å². The number of non-ortho nitro benzene ring substituents is 1. The number of nitro groups is 1. The van der Waals surface area contributed by atoms with Gasteiger partial charge in [-0.1, -0.05) is 0 Å². The van der Waals surface area contributed by atoms with E-state index in [9.17, 15) is 14.9 Å². The second kappa shape index (κ2) is 7.33. The number of carbonyl (C=O) groups is 1. The fourth-order valence-electron chi connectivity index (χ4n) is 2.95. The number of thiophene rings is 1. The topological polar surface area (TPSA) is 108 Å². The number of fused-ring (bicyclic) bond motifs is 1. The average molecular weight is 405 g/mol. The van der Waals surface area contributed by atoms with Gasteiger partial charge in [0, 0.05) is 28.6 Å². The minimum absolute atomic E-state index is 0.0725. The van der Waals surface area contributed by atoms with Crippen molar-refractivity contribution in [1.29, 1.82) is 0 Å². The summed E-state index contributed by atoms with van der Waals surface area (Å²) in [7, 11) is 1.61. The van der Waals surface area contributed by atoms with Gasteiger partial charge in [-0.3, -0.25) is 14.9 Å². The molecule has 0 amide bonds. The quantitative estimate of drug-likeness (QED) is 0.293. The molecule has 0 aliphatic carbocycles. The molecule has 0 fully saturated rings. The Morgan fingerprint density at radius 3 is 2.38 bits per heavy atom. The zero-order chi connectivity index (χ0) is 20.5. The summed E-state index contributed by atoms with van der Waals surface area (Å²) >= 11 is 1.21. The number of aromatic nitrogens is 1. The van der Waals surface area contributed by atoms with Gasteiger partial charge in [-0.15, -0.1) is 11.3 Å². The molecule has 0 saturated carbocycles. The molecule has 0 aliphatic heterocycles. The maximum Gasteiger partial charge on any atom is 0.269 e. The fourth-order valence-corrected chi connectivity index (χ4v) is 4.01. The number of nitrogens with zero attached hydrogens (tertiary/aromatic N) is 2. The number of rotatable bonds is 5. The number of carbonyl (C=O) groups excluding carboxylic acids is 1. The molecule has 29 heavy (non-hydrogen) atoms. The van der Waals surface area contributed by atoms with Crippen LogP contribution in [0.15, 0.2) is 60.7 Å². The molecule has 2 heterocycles. The first-order valence-corrected chi connectivity index (χ1v) is 9.42. The van der Waals surface area contributed by atoms with Crippen molar-refractivity contribution < 1.29 is 14.5 Å². The highest BCUT2D eigenvalue weighted by Gasteiger charge is 2.20. The highest BCUT2D eigenvalue weighted by atomic mass is 32.1. The van der Waals surface area contributed by atoms with E-state index in [1.165, 1.54) is 35.6 Å². The van der Waals surface area contributed by atoms with Crippen LogP contribution in [0.1, 0.15) is 15.2 Å². The van der Waals surface area contributed by atoms with E-state index in [4.69, 9.17) is 10.5 Å². The maximum atomic E-state index is 12.9. The minimum Gasteiger partial charge on any atom is -0.497 e. The highest BCUT2D eigenvalue weighted by molar-refractivity contribution is 7.21. The normalized spacial score (nSPS) is 10.8. The zero-order valence-electron chi connectivity index (χ0n) is 15.3. The Morgan fingerprint density at radius 1 is 1.07 bits per heavy atom. The van der Waals surface area contributed by atoms with Gasteiger partial charge in [0.05, 0.1) is 23.4 Å². The van der Waals surface area contributed by atoms with E-state index >= 15 is 0 Å². The van der Waals surface area contributed by atoms with E-state index in [1.54, 1.807) is 7.11 Å². The third kappa shape index (κ3) is 3.41. The van der Waals surface area contributed by atoms with Gasteiger partial charge in [0.15, 0.2) is 0 Å². The lowest BCUT2D eigenvalue weighted by Gasteiger charge is -2.03. The van der Waals surface area contributed by atoms with Gasteiger partial charge in [-0.05, 0) is 48.5 Å². The van der Waals surface area contributed by atoms with Crippen LogP contribution in [0.5, 0.6) is 5.75 Å². The molecule has 4 rings (SSSR count). The second-order valence-electron chi connectivity index (χ2n) is 6.26. The molecule has 7 nitrogen and oxygen atoms in total. The first-order valence-electron chi connectivity index (χ1n) is 8.60. The smallest absolute Gasteiger partial charge is 0.269 e. The van der Waals surface area contributed by atoms with Gasteiger partial charge >= 0.3 is 0 Å². The molecular formula is C21H15N3O4S. The van der Waals surface area contributed by atoms with Crippen molar-refractivity contribution in [3.63, 3.8) is 0 Å². The van der Waals surface area contributed by atoms with Crippen LogP contribution in [-0.4, -0.2) is 22.8 Å². The highest BCUT2D eigenvalue weighted by Crippen LogP contribution is 2.35. The molecule has 2 aromatic heterocycles. The predicted octanol–water partition coefficient (Wildman–Crippen LogP) is 4.69. The molecule has 2 N–H and O–H groups in total. The standard InChI is InChI=1S/C21H15N3O4S/c1-28-15-8-4-12(5-9-15)17-11-10-16-18(22)20(29-21(16)23-17)19(25)13-2-6-14(7-3-13)24(26)27/h2-11H,22H2,1H3. The Labute approximate surface area is 169 Å². The molecular weight excluding hydrogens is 390 g/mol. The van der Waals surface area contributed by atoms with E-state index in [0.717, 1.165) is 17.0 Å². The SMILES string of the molecule is COc1ccc(-c2ccc3c(N)c(C(=O)c4ccc([N+](=O)[O-])cc4)sc3n2)cc1. The lowest BCUT2D eigenvalue weighted by molar-refractivity contribution is -0.384. The van der Waals surface area contributed by atoms with Crippen molar-refractivity contribution in [2.24, 2.45) is 0 Å². The van der Waals surface area contributed by atoms with E-state index < -0.39 is 4.92 Å². The van der Waals surface area contributed by atoms with Crippen molar-refractivity contribution >= 4 is 38.7 Å². The third-order valence-corrected chi connectivity index (χ3v) is 5.64. The number of ether oxygens (including phenoxy) is 1. The molecule has 0 spiro atoms. The fraction of sp³-hybridized carbons (Fsp3) is 0.0476. The Kier molecular flexibility index (Phi) is 4.69. The number of methoxy groups -OCH3 is 1. The summed E-state index contributed by atoms with van der Waals surface area (Å²) in [6.45, 7) is 0. The molecule has 0 unspecified atom stereocenters. The van der Waals surface area contributed by atoms with Crippen LogP contribution in [0, 0.1) is 10.1 Å². The van der Waals surface area contributed by atoms with E-state index in [2.05, 4.69) is 4.98 Å². The number of ketones is 1. The van der Waals surface area contributed by atoms with Crippen molar-refractivity contribution in [1.82, 2.24) is 4.98 Å². The third-order valence-electron chi connectivity index (χ3n) is 4.53. The number of hydrogen-bond donors (Lipinski definition) is 1. The number of nitro benzene ring substituents is 1. The first-order chi connectivity index (χ1) is 14.0. The van der Waals surface area contributed by atoms with Crippen LogP contribution in [0.3, 0.4) is 0 Å². The number of hydrogen-bond acceptors (Lipinski definition) is 7.